The average molecular weight is 389 g/mol. The van der Waals surface area contributed by atoms with Gasteiger partial charge in [-0.2, -0.15) is 0 Å². The van der Waals surface area contributed by atoms with Gasteiger partial charge < -0.3 is 4.90 Å². The van der Waals surface area contributed by atoms with Crippen LogP contribution in [0.4, 0.5) is 10.1 Å². The van der Waals surface area contributed by atoms with Gasteiger partial charge >= 0.3 is 0 Å². The number of amides is 2. The Kier molecular flexibility index (Phi) is 8.13. The van der Waals surface area contributed by atoms with Crippen LogP contribution < -0.4 is 15.8 Å². The van der Waals surface area contributed by atoms with Crippen LogP contribution in [-0.4, -0.2) is 30.7 Å². The number of carbonyl (C=O) groups excluding carboxylic acids is 2. The summed E-state index contributed by atoms with van der Waals surface area (Å²) in [7, 11) is 0. The minimum absolute atomic E-state index is 0.239. The molecule has 27 heavy (non-hydrogen) atoms. The summed E-state index contributed by atoms with van der Waals surface area (Å²) >= 11 is 1.45. The summed E-state index contributed by atoms with van der Waals surface area (Å²) in [5.41, 5.74) is 6.37. The van der Waals surface area contributed by atoms with E-state index in [0.29, 0.717) is 11.3 Å². The Morgan fingerprint density at radius 1 is 0.963 bits per heavy atom. The molecule has 0 bridgehead atoms. The summed E-state index contributed by atoms with van der Waals surface area (Å²) in [6.07, 6.45) is 0.239. The molecule has 0 aliphatic heterocycles. The van der Waals surface area contributed by atoms with E-state index in [-0.39, 0.29) is 24.1 Å². The molecule has 2 amide bonds. The first-order chi connectivity index (χ1) is 13.0. The smallest absolute Gasteiger partial charge is 0.269 e. The Hall–Kier alpha value is -2.54. The molecular formula is C20H24FN3O2S. The van der Waals surface area contributed by atoms with Crippen molar-refractivity contribution >= 4 is 29.3 Å². The van der Waals surface area contributed by atoms with E-state index in [0.717, 1.165) is 23.7 Å². The van der Waals surface area contributed by atoms with Crippen LogP contribution in [0.2, 0.25) is 0 Å². The molecule has 7 heteroatoms. The Balaban J connectivity index is 1.74. The zero-order valence-electron chi connectivity index (χ0n) is 15.5. The highest BCUT2D eigenvalue weighted by molar-refractivity contribution is 7.99. The third-order valence-electron chi connectivity index (χ3n) is 3.99. The second kappa shape index (κ2) is 10.6. The second-order valence-corrected chi connectivity index (χ2v) is 6.94. The number of rotatable bonds is 8. The summed E-state index contributed by atoms with van der Waals surface area (Å²) < 4.78 is 12.8. The van der Waals surface area contributed by atoms with Gasteiger partial charge in [0.1, 0.15) is 5.82 Å². The average Bonchev–Trinajstić information content (AvgIpc) is 2.69. The molecule has 0 aromatic heterocycles. The van der Waals surface area contributed by atoms with E-state index >= 15 is 0 Å². The largest absolute Gasteiger partial charge is 0.372 e. The zero-order chi connectivity index (χ0) is 19.6. The van der Waals surface area contributed by atoms with Gasteiger partial charge in [-0.25, -0.2) is 4.39 Å². The number of nitrogens with one attached hydrogen (secondary N) is 2. The van der Waals surface area contributed by atoms with Crippen molar-refractivity contribution in [3.8, 4) is 0 Å². The number of hydrogen-bond donors (Lipinski definition) is 2. The van der Waals surface area contributed by atoms with E-state index in [4.69, 9.17) is 0 Å². The van der Waals surface area contributed by atoms with Crippen molar-refractivity contribution in [1.29, 1.82) is 0 Å². The number of hydrogen-bond acceptors (Lipinski definition) is 4. The van der Waals surface area contributed by atoms with Gasteiger partial charge in [0.2, 0.25) is 5.91 Å². The summed E-state index contributed by atoms with van der Waals surface area (Å²) in [4.78, 5) is 27.0. The van der Waals surface area contributed by atoms with Crippen molar-refractivity contribution in [2.24, 2.45) is 0 Å². The molecule has 0 spiro atoms. The predicted octanol–water partition coefficient (Wildman–Crippen LogP) is 3.62. The van der Waals surface area contributed by atoms with Crippen LogP contribution in [0.25, 0.3) is 0 Å². The van der Waals surface area contributed by atoms with E-state index < -0.39 is 0 Å². The normalized spacial score (nSPS) is 10.3. The van der Waals surface area contributed by atoms with Crippen molar-refractivity contribution in [3.63, 3.8) is 0 Å². The molecule has 2 aromatic rings. The van der Waals surface area contributed by atoms with Crippen LogP contribution in [-0.2, 0) is 4.79 Å². The Labute approximate surface area is 163 Å². The Morgan fingerprint density at radius 2 is 1.59 bits per heavy atom. The third kappa shape index (κ3) is 6.60. The lowest BCUT2D eigenvalue weighted by atomic mass is 10.2. The van der Waals surface area contributed by atoms with Crippen molar-refractivity contribution in [2.45, 2.75) is 25.2 Å². The minimum atomic E-state index is -0.361. The van der Waals surface area contributed by atoms with Gasteiger partial charge in [0.15, 0.2) is 0 Å². The maximum Gasteiger partial charge on any atom is 0.269 e. The van der Waals surface area contributed by atoms with Gasteiger partial charge in [-0.1, -0.05) is 0 Å². The lowest BCUT2D eigenvalue weighted by Gasteiger charge is -2.21. The molecule has 0 unspecified atom stereocenters. The van der Waals surface area contributed by atoms with Crippen molar-refractivity contribution < 1.29 is 14.0 Å². The SMILES string of the molecule is CCN(CC)c1ccc(C(=O)NNC(=O)CCSc2ccc(F)cc2)cc1. The highest BCUT2D eigenvalue weighted by atomic mass is 32.2. The van der Waals surface area contributed by atoms with Crippen molar-refractivity contribution in [1.82, 2.24) is 10.9 Å². The molecule has 0 saturated heterocycles. The van der Waals surface area contributed by atoms with Crippen LogP contribution in [0.5, 0.6) is 0 Å². The van der Waals surface area contributed by atoms with Crippen LogP contribution >= 0.6 is 11.8 Å². The molecule has 0 radical (unpaired) electrons. The lowest BCUT2D eigenvalue weighted by Crippen LogP contribution is -2.41. The van der Waals surface area contributed by atoms with Gasteiger partial charge in [-0.05, 0) is 62.4 Å². The molecule has 144 valence electrons. The molecule has 2 rings (SSSR count). The monoisotopic (exact) mass is 389 g/mol. The maximum atomic E-state index is 12.8. The first kappa shape index (κ1) is 20.8. The van der Waals surface area contributed by atoms with Crippen LogP contribution in [0.1, 0.15) is 30.6 Å². The number of carbonyl (C=O) groups is 2. The molecular weight excluding hydrogens is 365 g/mol. The van der Waals surface area contributed by atoms with Gasteiger partial charge in [-0.3, -0.25) is 20.4 Å². The fourth-order valence-corrected chi connectivity index (χ4v) is 3.32. The summed E-state index contributed by atoms with van der Waals surface area (Å²) in [5.74, 6) is -0.394. The predicted molar refractivity (Wildman–Crippen MR) is 107 cm³/mol. The number of halogens is 1. The number of benzene rings is 2. The Morgan fingerprint density at radius 3 is 2.19 bits per heavy atom. The van der Waals surface area contributed by atoms with E-state index in [2.05, 4.69) is 29.6 Å². The van der Waals surface area contributed by atoms with Gasteiger partial charge in [-0.15, -0.1) is 11.8 Å². The standard InChI is InChI=1S/C20H24FN3O2S/c1-3-24(4-2)17-9-5-15(6-10-17)20(26)23-22-19(25)13-14-27-18-11-7-16(21)8-12-18/h5-12H,3-4,13-14H2,1-2H3,(H,22,25)(H,23,26). The van der Waals surface area contributed by atoms with Crippen LogP contribution in [0.3, 0.4) is 0 Å². The number of nitrogens with zero attached hydrogens (tertiary/aromatic N) is 1. The quantitative estimate of drug-likeness (QED) is 0.535. The lowest BCUT2D eigenvalue weighted by molar-refractivity contribution is -0.121. The molecule has 0 aliphatic carbocycles. The van der Waals surface area contributed by atoms with Gasteiger partial charge in [0.25, 0.3) is 5.91 Å². The summed E-state index contributed by atoms with van der Waals surface area (Å²) in [6.45, 7) is 5.95. The van der Waals surface area contributed by atoms with E-state index in [1.54, 1.807) is 24.3 Å². The van der Waals surface area contributed by atoms with Crippen LogP contribution in [0, 0.1) is 5.82 Å². The molecule has 0 saturated carbocycles. The topological polar surface area (TPSA) is 61.4 Å². The first-order valence-corrected chi connectivity index (χ1v) is 9.84. The zero-order valence-corrected chi connectivity index (χ0v) is 16.3. The fourth-order valence-electron chi connectivity index (χ4n) is 2.47. The molecule has 2 aromatic carbocycles. The van der Waals surface area contributed by atoms with E-state index in [1.807, 2.05) is 12.1 Å². The Bertz CT molecular complexity index is 747. The number of anilines is 1. The molecule has 0 fully saturated rings. The molecule has 0 aliphatic rings. The summed E-state index contributed by atoms with van der Waals surface area (Å²) in [5, 5.41) is 0. The third-order valence-corrected chi connectivity index (χ3v) is 5.00. The van der Waals surface area contributed by atoms with Gasteiger partial charge in [0, 0.05) is 41.4 Å². The minimum Gasteiger partial charge on any atom is -0.372 e. The van der Waals surface area contributed by atoms with E-state index in [1.165, 1.54) is 23.9 Å². The maximum absolute atomic E-state index is 12.8. The van der Waals surface area contributed by atoms with Crippen molar-refractivity contribution in [3.05, 3.63) is 59.9 Å². The second-order valence-electron chi connectivity index (χ2n) is 5.77. The highest BCUT2D eigenvalue weighted by Crippen LogP contribution is 2.18. The summed E-state index contributed by atoms with van der Waals surface area (Å²) in [6, 6.07) is 13.4. The molecule has 2 N–H and O–H groups in total. The van der Waals surface area contributed by atoms with E-state index in [9.17, 15) is 14.0 Å². The van der Waals surface area contributed by atoms with Crippen molar-refractivity contribution in [2.75, 3.05) is 23.7 Å². The first-order valence-electron chi connectivity index (χ1n) is 8.86. The molecule has 5 nitrogen and oxygen atoms in total. The molecule has 0 heterocycles. The highest BCUT2D eigenvalue weighted by Gasteiger charge is 2.09. The molecule has 0 atom stereocenters. The number of thioether (sulfide) groups is 1. The number of hydrazine groups is 1. The van der Waals surface area contributed by atoms with Gasteiger partial charge in [0.05, 0.1) is 0 Å². The fraction of sp³-hybridized carbons (Fsp3) is 0.300. The van der Waals surface area contributed by atoms with Crippen LogP contribution in [0.15, 0.2) is 53.4 Å².